The molecule has 0 unspecified atom stereocenters. The number of amides is 3. The van der Waals surface area contributed by atoms with Gasteiger partial charge >= 0.3 is 0 Å². The summed E-state index contributed by atoms with van der Waals surface area (Å²) < 4.78 is 5.94. The Kier molecular flexibility index (Phi) is 5.35. The van der Waals surface area contributed by atoms with Gasteiger partial charge in [0.1, 0.15) is 17.7 Å². The minimum atomic E-state index is -0.940. The minimum absolute atomic E-state index is 0.0192. The number of carbonyl (C=O) groups excluding carboxylic acids is 3. The average molecular weight is 448 g/mol. The van der Waals surface area contributed by atoms with E-state index in [9.17, 15) is 14.4 Å². The molecule has 0 aliphatic carbocycles. The second-order valence-electron chi connectivity index (χ2n) is 9.34. The Hall–Kier alpha value is -3.35. The van der Waals surface area contributed by atoms with Crippen LogP contribution >= 0.6 is 0 Å². The fourth-order valence-electron chi connectivity index (χ4n) is 5.54. The van der Waals surface area contributed by atoms with Crippen molar-refractivity contribution in [2.24, 2.45) is 5.92 Å². The number of para-hydroxylation sites is 1. The Morgan fingerprint density at radius 2 is 1.97 bits per heavy atom. The van der Waals surface area contributed by atoms with Gasteiger partial charge in [0.25, 0.3) is 0 Å². The molecule has 0 radical (unpaired) electrons. The summed E-state index contributed by atoms with van der Waals surface area (Å²) in [6.07, 6.45) is 1.17. The summed E-state index contributed by atoms with van der Waals surface area (Å²) in [6, 6.07) is 15.0. The molecule has 1 N–H and O–H groups in total. The highest BCUT2D eigenvalue weighted by molar-refractivity contribution is 6.12. The number of rotatable bonds is 1. The zero-order chi connectivity index (χ0) is 23.2. The van der Waals surface area contributed by atoms with Crippen LogP contribution in [0.5, 0.6) is 5.75 Å². The Bertz CT molecular complexity index is 1110. The first-order valence-electron chi connectivity index (χ1n) is 11.6. The third-order valence-electron chi connectivity index (χ3n) is 6.99. The number of ether oxygens (including phenoxy) is 1. The van der Waals surface area contributed by atoms with E-state index in [1.807, 2.05) is 67.3 Å². The molecule has 3 heterocycles. The fourth-order valence-corrected chi connectivity index (χ4v) is 5.54. The van der Waals surface area contributed by atoms with Gasteiger partial charge in [0.05, 0.1) is 12.6 Å². The van der Waals surface area contributed by atoms with Crippen molar-refractivity contribution in [3.05, 3.63) is 59.7 Å². The van der Waals surface area contributed by atoms with Gasteiger partial charge in [-0.15, -0.1) is 0 Å². The molecule has 1 spiro atoms. The van der Waals surface area contributed by atoms with E-state index in [2.05, 4.69) is 5.32 Å². The molecule has 7 nitrogen and oxygen atoms in total. The lowest BCUT2D eigenvalue weighted by atomic mass is 9.72. The first-order chi connectivity index (χ1) is 15.9. The van der Waals surface area contributed by atoms with Gasteiger partial charge in [-0.25, -0.2) is 0 Å². The third kappa shape index (κ3) is 3.37. The number of anilines is 1. The molecule has 172 valence electrons. The van der Waals surface area contributed by atoms with Gasteiger partial charge in [0.15, 0.2) is 0 Å². The van der Waals surface area contributed by atoms with Crippen molar-refractivity contribution < 1.29 is 19.1 Å². The molecular weight excluding hydrogens is 418 g/mol. The summed E-state index contributed by atoms with van der Waals surface area (Å²) in [7, 11) is 0. The summed E-state index contributed by atoms with van der Waals surface area (Å²) in [6.45, 7) is 5.16. The van der Waals surface area contributed by atoms with Crippen molar-refractivity contribution in [3.63, 3.8) is 0 Å². The molecule has 1 fully saturated rings. The normalized spacial score (nSPS) is 24.6. The first kappa shape index (κ1) is 21.5. The van der Waals surface area contributed by atoms with Gasteiger partial charge in [-0.3, -0.25) is 14.4 Å². The van der Waals surface area contributed by atoms with E-state index in [4.69, 9.17) is 4.74 Å². The van der Waals surface area contributed by atoms with E-state index < -0.39 is 11.5 Å². The number of benzene rings is 2. The summed E-state index contributed by atoms with van der Waals surface area (Å²) in [4.78, 5) is 43.7. The van der Waals surface area contributed by atoms with Crippen LogP contribution in [0.2, 0.25) is 0 Å². The van der Waals surface area contributed by atoms with E-state index >= 15 is 0 Å². The van der Waals surface area contributed by atoms with Crippen LogP contribution in [-0.2, 0) is 19.8 Å². The number of fused-ring (bicyclic) bond motifs is 6. The Labute approximate surface area is 193 Å². The summed E-state index contributed by atoms with van der Waals surface area (Å²) in [5, 5.41) is 2.90. The molecule has 2 atom stereocenters. The number of hydrogen-bond donors (Lipinski definition) is 1. The molecule has 4 bridgehead atoms. The molecule has 1 saturated heterocycles. The molecule has 2 aromatic rings. The van der Waals surface area contributed by atoms with E-state index in [1.165, 1.54) is 0 Å². The van der Waals surface area contributed by atoms with Crippen molar-refractivity contribution >= 4 is 23.4 Å². The van der Waals surface area contributed by atoms with Crippen molar-refractivity contribution in [1.29, 1.82) is 0 Å². The number of nitrogens with zero attached hydrogens (tertiary/aromatic N) is 2. The van der Waals surface area contributed by atoms with Gasteiger partial charge in [-0.1, -0.05) is 44.2 Å². The maximum atomic E-state index is 14.2. The zero-order valence-corrected chi connectivity index (χ0v) is 19.0. The van der Waals surface area contributed by atoms with Gasteiger partial charge in [0, 0.05) is 24.7 Å². The Morgan fingerprint density at radius 1 is 1.15 bits per heavy atom. The van der Waals surface area contributed by atoms with Gasteiger partial charge in [-0.2, -0.15) is 0 Å². The number of hydrogen-bond acceptors (Lipinski definition) is 4. The largest absolute Gasteiger partial charge is 0.494 e. The topological polar surface area (TPSA) is 79.0 Å². The van der Waals surface area contributed by atoms with Crippen molar-refractivity contribution in [2.45, 2.75) is 38.1 Å². The van der Waals surface area contributed by atoms with Crippen LogP contribution in [0, 0.1) is 5.92 Å². The monoisotopic (exact) mass is 447 g/mol. The summed E-state index contributed by atoms with van der Waals surface area (Å²) in [5.41, 5.74) is 1.58. The molecule has 0 saturated carbocycles. The van der Waals surface area contributed by atoms with Gasteiger partial charge in [0.2, 0.25) is 17.7 Å². The zero-order valence-electron chi connectivity index (χ0n) is 19.0. The summed E-state index contributed by atoms with van der Waals surface area (Å²) >= 11 is 0. The average Bonchev–Trinajstić information content (AvgIpc) is 3.31. The molecule has 2 aromatic carbocycles. The maximum Gasteiger partial charge on any atom is 0.240 e. The maximum absolute atomic E-state index is 14.2. The molecule has 3 aliphatic rings. The van der Waals surface area contributed by atoms with E-state index in [1.54, 1.807) is 4.90 Å². The van der Waals surface area contributed by atoms with Gasteiger partial charge in [-0.05, 0) is 42.2 Å². The van der Waals surface area contributed by atoms with E-state index in [0.717, 1.165) is 16.8 Å². The van der Waals surface area contributed by atoms with E-state index in [0.29, 0.717) is 38.3 Å². The lowest BCUT2D eigenvalue weighted by Crippen LogP contribution is -2.48. The number of carbonyl (C=O) groups is 3. The van der Waals surface area contributed by atoms with Crippen LogP contribution in [0.15, 0.2) is 48.5 Å². The van der Waals surface area contributed by atoms with Crippen LogP contribution in [0.25, 0.3) is 0 Å². The first-order valence-corrected chi connectivity index (χ1v) is 11.6. The van der Waals surface area contributed by atoms with Crippen LogP contribution in [-0.4, -0.2) is 48.9 Å². The number of likely N-dealkylation sites (tertiary alicyclic amines) is 1. The van der Waals surface area contributed by atoms with Crippen molar-refractivity contribution in [3.8, 4) is 5.75 Å². The molecule has 33 heavy (non-hydrogen) atoms. The second kappa shape index (κ2) is 8.21. The predicted molar refractivity (Wildman–Crippen MR) is 124 cm³/mol. The van der Waals surface area contributed by atoms with Crippen molar-refractivity contribution in [1.82, 2.24) is 10.2 Å². The molecular formula is C26H29N3O4. The van der Waals surface area contributed by atoms with Crippen LogP contribution in [0.4, 0.5) is 5.69 Å². The fraction of sp³-hybridized carbons (Fsp3) is 0.423. The Morgan fingerprint density at radius 3 is 2.79 bits per heavy atom. The van der Waals surface area contributed by atoms with Gasteiger partial charge < -0.3 is 19.9 Å². The molecule has 5 rings (SSSR count). The molecule has 3 aliphatic heterocycles. The standard InChI is InChI=1S/C26H29N3O4/c1-17(2)24(31)28-13-11-26-20-9-3-4-10-21(20)29(25(26)32)16-22(30)27-12-6-14-33-19-8-5-7-18(15-19)23(26)28/h3-5,7-10,15,17,23H,6,11-14,16H2,1-2H3,(H,27,30)/t23-,26+/m0/s1. The van der Waals surface area contributed by atoms with Crippen LogP contribution in [0.3, 0.4) is 0 Å². The Balaban J connectivity index is 1.72. The summed E-state index contributed by atoms with van der Waals surface area (Å²) in [5.74, 6) is 0.208. The SMILES string of the molecule is CC(C)C(=O)N1CC[C@]23C(=O)N(CC(=O)NCCCOc4cccc(c4)[C@H]12)c1ccccc13. The lowest BCUT2D eigenvalue weighted by Gasteiger charge is -2.36. The lowest BCUT2D eigenvalue weighted by molar-refractivity contribution is -0.137. The molecule has 0 aromatic heterocycles. The highest BCUT2D eigenvalue weighted by Gasteiger charge is 2.61. The quantitative estimate of drug-likeness (QED) is 0.729. The highest BCUT2D eigenvalue weighted by Crippen LogP contribution is 2.57. The predicted octanol–water partition coefficient (Wildman–Crippen LogP) is 2.80. The molecule has 3 amide bonds. The van der Waals surface area contributed by atoms with E-state index in [-0.39, 0.29) is 30.2 Å². The smallest absolute Gasteiger partial charge is 0.240 e. The van der Waals surface area contributed by atoms with Crippen molar-refractivity contribution in [2.75, 3.05) is 31.1 Å². The van der Waals surface area contributed by atoms with Crippen LogP contribution < -0.4 is 15.0 Å². The molecule has 7 heteroatoms. The minimum Gasteiger partial charge on any atom is -0.494 e. The highest BCUT2D eigenvalue weighted by atomic mass is 16.5. The second-order valence-corrected chi connectivity index (χ2v) is 9.34. The third-order valence-corrected chi connectivity index (χ3v) is 6.99. The number of nitrogens with one attached hydrogen (secondary N) is 1. The van der Waals surface area contributed by atoms with Crippen LogP contribution in [0.1, 0.15) is 43.9 Å².